The number of rotatable bonds is 5. The van der Waals surface area contributed by atoms with Crippen LogP contribution in [-0.4, -0.2) is 18.0 Å². The highest BCUT2D eigenvalue weighted by atomic mass is 16.5. The molecular formula is C20H18N2O2. The van der Waals surface area contributed by atoms with Crippen LogP contribution in [-0.2, 0) is 11.3 Å². The molecular weight excluding hydrogens is 300 g/mol. The maximum absolute atomic E-state index is 12.0. The van der Waals surface area contributed by atoms with Crippen LogP contribution >= 0.6 is 0 Å². The summed E-state index contributed by atoms with van der Waals surface area (Å²) in [5.41, 5.74) is 2.82. The second-order valence-electron chi connectivity index (χ2n) is 5.32. The van der Waals surface area contributed by atoms with Crippen LogP contribution in [0.1, 0.15) is 11.1 Å². The first-order valence-corrected chi connectivity index (χ1v) is 7.69. The lowest BCUT2D eigenvalue weighted by molar-refractivity contribution is -0.116. The third-order valence-electron chi connectivity index (χ3n) is 3.69. The van der Waals surface area contributed by atoms with E-state index in [0.717, 1.165) is 27.8 Å². The molecule has 120 valence electrons. The molecule has 1 heterocycles. The van der Waals surface area contributed by atoms with Gasteiger partial charge in [0.25, 0.3) is 0 Å². The normalized spacial score (nSPS) is 10.9. The molecule has 0 spiro atoms. The summed E-state index contributed by atoms with van der Waals surface area (Å²) in [6.45, 7) is 0.440. The van der Waals surface area contributed by atoms with Gasteiger partial charge in [-0.15, -0.1) is 0 Å². The Bertz CT molecular complexity index is 882. The molecule has 0 aliphatic heterocycles. The van der Waals surface area contributed by atoms with E-state index in [1.165, 1.54) is 6.08 Å². The first-order chi connectivity index (χ1) is 11.8. The van der Waals surface area contributed by atoms with Gasteiger partial charge in [0.15, 0.2) is 0 Å². The number of amides is 1. The summed E-state index contributed by atoms with van der Waals surface area (Å²) < 4.78 is 5.17. The second kappa shape index (κ2) is 7.42. The fourth-order valence-electron chi connectivity index (χ4n) is 2.47. The van der Waals surface area contributed by atoms with E-state index >= 15 is 0 Å². The summed E-state index contributed by atoms with van der Waals surface area (Å²) >= 11 is 0. The summed E-state index contributed by atoms with van der Waals surface area (Å²) in [6, 6.07) is 17.4. The molecule has 3 rings (SSSR count). The Balaban J connectivity index is 1.65. The Hall–Kier alpha value is -3.14. The predicted octanol–water partition coefficient (Wildman–Crippen LogP) is 3.57. The van der Waals surface area contributed by atoms with Gasteiger partial charge in [0.1, 0.15) is 5.75 Å². The van der Waals surface area contributed by atoms with Crippen LogP contribution < -0.4 is 10.1 Å². The largest absolute Gasteiger partial charge is 0.497 e. The lowest BCUT2D eigenvalue weighted by Crippen LogP contribution is -2.20. The number of para-hydroxylation sites is 1. The Morgan fingerprint density at radius 1 is 1.17 bits per heavy atom. The van der Waals surface area contributed by atoms with Crippen molar-refractivity contribution in [3.05, 3.63) is 78.0 Å². The third-order valence-corrected chi connectivity index (χ3v) is 3.69. The molecule has 0 unspecified atom stereocenters. The summed E-state index contributed by atoms with van der Waals surface area (Å²) in [5.74, 6) is 0.616. The lowest BCUT2D eigenvalue weighted by Gasteiger charge is -2.06. The van der Waals surface area contributed by atoms with E-state index in [-0.39, 0.29) is 5.91 Å². The van der Waals surface area contributed by atoms with Gasteiger partial charge in [0.2, 0.25) is 5.91 Å². The molecule has 24 heavy (non-hydrogen) atoms. The van der Waals surface area contributed by atoms with Crippen molar-refractivity contribution >= 4 is 22.9 Å². The van der Waals surface area contributed by atoms with E-state index in [9.17, 15) is 4.79 Å². The van der Waals surface area contributed by atoms with E-state index in [2.05, 4.69) is 10.3 Å². The molecule has 4 heteroatoms. The number of carbonyl (C=O) groups excluding carboxylic acids is 1. The quantitative estimate of drug-likeness (QED) is 0.732. The minimum atomic E-state index is -0.147. The van der Waals surface area contributed by atoms with E-state index in [0.29, 0.717) is 6.54 Å². The fraction of sp³-hybridized carbons (Fsp3) is 0.100. The maximum Gasteiger partial charge on any atom is 0.244 e. The van der Waals surface area contributed by atoms with Gasteiger partial charge in [-0.3, -0.25) is 9.78 Å². The van der Waals surface area contributed by atoms with Gasteiger partial charge in [-0.2, -0.15) is 0 Å². The standard InChI is InChI=1S/C20H18N2O2/c1-24-18-9-2-5-15(13-18)10-11-19(23)22-14-17-7-3-6-16-8-4-12-21-20(16)17/h2-13H,14H2,1H3,(H,22,23). The smallest absolute Gasteiger partial charge is 0.244 e. The minimum absolute atomic E-state index is 0.147. The van der Waals surface area contributed by atoms with Crippen molar-refractivity contribution in [1.29, 1.82) is 0 Å². The highest BCUT2D eigenvalue weighted by molar-refractivity contribution is 5.92. The molecule has 1 amide bonds. The Labute approximate surface area is 140 Å². The molecule has 0 radical (unpaired) electrons. The number of nitrogens with zero attached hydrogens (tertiary/aromatic N) is 1. The number of ether oxygens (including phenoxy) is 1. The van der Waals surface area contributed by atoms with Gasteiger partial charge >= 0.3 is 0 Å². The SMILES string of the molecule is COc1cccc(C=CC(=O)NCc2cccc3cccnc23)c1. The van der Waals surface area contributed by atoms with Crippen molar-refractivity contribution < 1.29 is 9.53 Å². The third kappa shape index (κ3) is 3.79. The van der Waals surface area contributed by atoms with Crippen LogP contribution in [0.25, 0.3) is 17.0 Å². The maximum atomic E-state index is 12.0. The number of carbonyl (C=O) groups is 1. The van der Waals surface area contributed by atoms with Crippen LogP contribution in [0.5, 0.6) is 5.75 Å². The van der Waals surface area contributed by atoms with Crippen LogP contribution in [0.3, 0.4) is 0 Å². The van der Waals surface area contributed by atoms with Crippen LogP contribution in [0.4, 0.5) is 0 Å². The Morgan fingerprint density at radius 3 is 2.88 bits per heavy atom. The molecule has 1 aromatic heterocycles. The fourth-order valence-corrected chi connectivity index (χ4v) is 2.47. The minimum Gasteiger partial charge on any atom is -0.497 e. The summed E-state index contributed by atoms with van der Waals surface area (Å²) in [7, 11) is 1.62. The van der Waals surface area contributed by atoms with Gasteiger partial charge in [-0.25, -0.2) is 0 Å². The second-order valence-corrected chi connectivity index (χ2v) is 5.32. The molecule has 1 N–H and O–H groups in total. The number of benzene rings is 2. The summed E-state index contributed by atoms with van der Waals surface area (Å²) in [6.07, 6.45) is 5.04. The highest BCUT2D eigenvalue weighted by Gasteiger charge is 2.03. The van der Waals surface area contributed by atoms with Gasteiger partial charge < -0.3 is 10.1 Å². The molecule has 0 bridgehead atoms. The molecule has 3 aromatic rings. The molecule has 0 aliphatic rings. The van der Waals surface area contributed by atoms with Crippen molar-refractivity contribution in [2.75, 3.05) is 7.11 Å². The molecule has 2 aromatic carbocycles. The zero-order valence-corrected chi connectivity index (χ0v) is 13.4. The monoisotopic (exact) mass is 318 g/mol. The average Bonchev–Trinajstić information content (AvgIpc) is 2.64. The number of methoxy groups -OCH3 is 1. The van der Waals surface area contributed by atoms with Gasteiger partial charge in [0, 0.05) is 24.2 Å². The molecule has 0 saturated heterocycles. The molecule has 0 atom stereocenters. The lowest BCUT2D eigenvalue weighted by atomic mass is 10.1. The number of fused-ring (bicyclic) bond motifs is 1. The zero-order chi connectivity index (χ0) is 16.8. The van der Waals surface area contributed by atoms with Gasteiger partial charge in [0.05, 0.1) is 12.6 Å². The first kappa shape index (κ1) is 15.7. The topological polar surface area (TPSA) is 51.2 Å². The zero-order valence-electron chi connectivity index (χ0n) is 13.4. The van der Waals surface area contributed by atoms with E-state index in [4.69, 9.17) is 4.74 Å². The molecule has 4 nitrogen and oxygen atoms in total. The van der Waals surface area contributed by atoms with Crippen molar-refractivity contribution in [2.45, 2.75) is 6.54 Å². The summed E-state index contributed by atoms with van der Waals surface area (Å²) in [5, 5.41) is 3.96. The van der Waals surface area contributed by atoms with Crippen molar-refractivity contribution in [3.63, 3.8) is 0 Å². The molecule has 0 aliphatic carbocycles. The van der Waals surface area contributed by atoms with Crippen LogP contribution in [0.15, 0.2) is 66.9 Å². The predicted molar refractivity (Wildman–Crippen MR) is 95.6 cm³/mol. The van der Waals surface area contributed by atoms with Crippen molar-refractivity contribution in [2.24, 2.45) is 0 Å². The van der Waals surface area contributed by atoms with E-state index in [1.807, 2.05) is 54.6 Å². The average molecular weight is 318 g/mol. The molecule has 0 fully saturated rings. The number of pyridine rings is 1. The number of nitrogens with one attached hydrogen (secondary N) is 1. The van der Waals surface area contributed by atoms with Crippen molar-refractivity contribution in [1.82, 2.24) is 10.3 Å². The number of hydrogen-bond acceptors (Lipinski definition) is 3. The highest BCUT2D eigenvalue weighted by Crippen LogP contribution is 2.16. The summed E-state index contributed by atoms with van der Waals surface area (Å²) in [4.78, 5) is 16.4. The van der Waals surface area contributed by atoms with Crippen LogP contribution in [0, 0.1) is 0 Å². The molecule has 0 saturated carbocycles. The number of hydrogen-bond donors (Lipinski definition) is 1. The van der Waals surface area contributed by atoms with E-state index < -0.39 is 0 Å². The van der Waals surface area contributed by atoms with Gasteiger partial charge in [-0.05, 0) is 35.4 Å². The van der Waals surface area contributed by atoms with Crippen molar-refractivity contribution in [3.8, 4) is 5.75 Å². The number of aromatic nitrogens is 1. The Morgan fingerprint density at radius 2 is 2.00 bits per heavy atom. The van der Waals surface area contributed by atoms with Gasteiger partial charge in [-0.1, -0.05) is 36.4 Å². The van der Waals surface area contributed by atoms with Crippen LogP contribution in [0.2, 0.25) is 0 Å². The Kier molecular flexibility index (Phi) is 4.87. The first-order valence-electron chi connectivity index (χ1n) is 7.69. The van der Waals surface area contributed by atoms with E-state index in [1.54, 1.807) is 19.4 Å².